The van der Waals surface area contributed by atoms with E-state index in [0.29, 0.717) is 0 Å². The fraction of sp³-hybridized carbons (Fsp3) is 0.368. The van der Waals surface area contributed by atoms with Crippen LogP contribution in [-0.4, -0.2) is 6.54 Å². The molecule has 0 saturated carbocycles. The first-order valence-corrected chi connectivity index (χ1v) is 7.64. The molecule has 2 rings (SSSR count). The average Bonchev–Trinajstić information content (AvgIpc) is 2.42. The first-order valence-electron chi connectivity index (χ1n) is 7.64. The van der Waals surface area contributed by atoms with E-state index in [9.17, 15) is 4.39 Å². The van der Waals surface area contributed by atoms with Crippen molar-refractivity contribution < 1.29 is 4.39 Å². The molecular formula is C19H24FN. The van der Waals surface area contributed by atoms with Crippen molar-refractivity contribution in [1.29, 1.82) is 0 Å². The summed E-state index contributed by atoms with van der Waals surface area (Å²) >= 11 is 0. The average molecular weight is 285 g/mol. The van der Waals surface area contributed by atoms with Crippen LogP contribution in [0.2, 0.25) is 0 Å². The predicted octanol–water partition coefficient (Wildman–Crippen LogP) is 4.73. The van der Waals surface area contributed by atoms with Crippen molar-refractivity contribution in [1.82, 2.24) is 5.32 Å². The Labute approximate surface area is 127 Å². The third-order valence-electron chi connectivity index (χ3n) is 3.72. The van der Waals surface area contributed by atoms with Crippen LogP contribution in [0, 0.1) is 19.7 Å². The van der Waals surface area contributed by atoms with E-state index in [-0.39, 0.29) is 11.9 Å². The Balaban J connectivity index is 2.11. The van der Waals surface area contributed by atoms with E-state index < -0.39 is 0 Å². The van der Waals surface area contributed by atoms with Crippen LogP contribution in [0.15, 0.2) is 42.5 Å². The zero-order valence-electron chi connectivity index (χ0n) is 13.1. The Kier molecular flexibility index (Phi) is 5.51. The van der Waals surface area contributed by atoms with Gasteiger partial charge < -0.3 is 5.32 Å². The number of halogens is 1. The van der Waals surface area contributed by atoms with Gasteiger partial charge in [0.2, 0.25) is 0 Å². The Bertz CT molecular complexity index is 572. The Morgan fingerprint density at radius 3 is 2.52 bits per heavy atom. The van der Waals surface area contributed by atoms with Crippen LogP contribution < -0.4 is 5.32 Å². The van der Waals surface area contributed by atoms with E-state index in [0.717, 1.165) is 30.5 Å². The molecule has 21 heavy (non-hydrogen) atoms. The molecule has 0 spiro atoms. The summed E-state index contributed by atoms with van der Waals surface area (Å²) < 4.78 is 13.6. The minimum Gasteiger partial charge on any atom is -0.310 e. The molecule has 1 unspecified atom stereocenters. The van der Waals surface area contributed by atoms with E-state index in [1.165, 1.54) is 11.1 Å². The smallest absolute Gasteiger partial charge is 0.123 e. The molecular weight excluding hydrogens is 261 g/mol. The van der Waals surface area contributed by atoms with Crippen LogP contribution in [0.4, 0.5) is 4.39 Å². The number of nitrogens with one attached hydrogen (secondary N) is 1. The maximum Gasteiger partial charge on any atom is 0.123 e. The van der Waals surface area contributed by atoms with E-state index in [1.807, 2.05) is 6.92 Å². The van der Waals surface area contributed by atoms with E-state index in [4.69, 9.17) is 0 Å². The summed E-state index contributed by atoms with van der Waals surface area (Å²) in [6.07, 6.45) is 1.97. The second-order valence-electron chi connectivity index (χ2n) is 5.70. The monoisotopic (exact) mass is 285 g/mol. The molecule has 0 saturated heterocycles. The number of rotatable bonds is 6. The van der Waals surface area contributed by atoms with Crippen molar-refractivity contribution in [2.45, 2.75) is 39.7 Å². The topological polar surface area (TPSA) is 12.0 Å². The van der Waals surface area contributed by atoms with Gasteiger partial charge in [0.25, 0.3) is 0 Å². The van der Waals surface area contributed by atoms with Crippen LogP contribution >= 0.6 is 0 Å². The highest BCUT2D eigenvalue weighted by molar-refractivity contribution is 5.27. The Morgan fingerprint density at radius 2 is 1.86 bits per heavy atom. The molecule has 1 nitrogen and oxygen atoms in total. The summed E-state index contributed by atoms with van der Waals surface area (Å²) in [5.41, 5.74) is 4.64. The van der Waals surface area contributed by atoms with Gasteiger partial charge in [-0.3, -0.25) is 0 Å². The molecule has 0 aliphatic heterocycles. The molecule has 0 fully saturated rings. The lowest BCUT2D eigenvalue weighted by molar-refractivity contribution is 0.510. The van der Waals surface area contributed by atoms with Crippen molar-refractivity contribution in [3.8, 4) is 0 Å². The quantitative estimate of drug-likeness (QED) is 0.809. The normalized spacial score (nSPS) is 12.4. The summed E-state index contributed by atoms with van der Waals surface area (Å²) in [6, 6.07) is 14.1. The third kappa shape index (κ3) is 4.68. The predicted molar refractivity (Wildman–Crippen MR) is 87.1 cm³/mol. The number of benzene rings is 2. The number of hydrogen-bond acceptors (Lipinski definition) is 1. The maximum atomic E-state index is 13.6. The molecule has 112 valence electrons. The van der Waals surface area contributed by atoms with E-state index >= 15 is 0 Å². The lowest BCUT2D eigenvalue weighted by atomic mass is 9.97. The van der Waals surface area contributed by atoms with Gasteiger partial charge in [-0.25, -0.2) is 4.39 Å². The number of aryl methyl sites for hydroxylation is 3. The van der Waals surface area contributed by atoms with Crippen molar-refractivity contribution >= 4 is 0 Å². The maximum absolute atomic E-state index is 13.6. The van der Waals surface area contributed by atoms with Crippen molar-refractivity contribution in [3.63, 3.8) is 0 Å². The van der Waals surface area contributed by atoms with Gasteiger partial charge in [-0.2, -0.15) is 0 Å². The largest absolute Gasteiger partial charge is 0.310 e. The molecule has 2 heteroatoms. The van der Waals surface area contributed by atoms with E-state index in [1.54, 1.807) is 12.1 Å². The zero-order chi connectivity index (χ0) is 15.2. The summed E-state index contributed by atoms with van der Waals surface area (Å²) in [4.78, 5) is 0. The molecule has 2 aromatic rings. The van der Waals surface area contributed by atoms with Crippen LogP contribution in [0.5, 0.6) is 0 Å². The molecule has 1 N–H and O–H groups in total. The van der Waals surface area contributed by atoms with Crippen molar-refractivity contribution in [2.24, 2.45) is 0 Å². The minimum atomic E-state index is -0.150. The van der Waals surface area contributed by atoms with Gasteiger partial charge in [-0.05, 0) is 62.1 Å². The highest BCUT2D eigenvalue weighted by Crippen LogP contribution is 2.22. The van der Waals surface area contributed by atoms with Gasteiger partial charge in [-0.1, -0.05) is 42.8 Å². The van der Waals surface area contributed by atoms with Gasteiger partial charge in [0, 0.05) is 6.04 Å². The van der Waals surface area contributed by atoms with Gasteiger partial charge >= 0.3 is 0 Å². The second kappa shape index (κ2) is 7.37. The van der Waals surface area contributed by atoms with Gasteiger partial charge in [0.15, 0.2) is 0 Å². The Morgan fingerprint density at radius 1 is 1.05 bits per heavy atom. The van der Waals surface area contributed by atoms with Gasteiger partial charge in [0.05, 0.1) is 0 Å². The molecule has 0 aromatic heterocycles. The molecule has 2 aromatic carbocycles. The lowest BCUT2D eigenvalue weighted by Gasteiger charge is -2.19. The van der Waals surface area contributed by atoms with Crippen LogP contribution in [0.3, 0.4) is 0 Å². The first kappa shape index (κ1) is 15.7. The third-order valence-corrected chi connectivity index (χ3v) is 3.72. The van der Waals surface area contributed by atoms with Crippen LogP contribution in [0.1, 0.15) is 41.6 Å². The molecule has 0 radical (unpaired) electrons. The van der Waals surface area contributed by atoms with Crippen LogP contribution in [0.25, 0.3) is 0 Å². The second-order valence-corrected chi connectivity index (χ2v) is 5.70. The summed E-state index contributed by atoms with van der Waals surface area (Å²) in [5, 5.41) is 3.47. The molecule has 0 bridgehead atoms. The highest BCUT2D eigenvalue weighted by atomic mass is 19.1. The van der Waals surface area contributed by atoms with Gasteiger partial charge in [-0.15, -0.1) is 0 Å². The minimum absolute atomic E-state index is 0.150. The number of hydrogen-bond donors (Lipinski definition) is 1. The zero-order valence-corrected chi connectivity index (χ0v) is 13.1. The SMILES string of the molecule is CCNC(CCc1cccc(C)c1)c1cc(C)cc(F)c1. The van der Waals surface area contributed by atoms with E-state index in [2.05, 4.69) is 49.5 Å². The standard InChI is InChI=1S/C19H24FN/c1-4-21-19(17-11-15(3)12-18(20)13-17)9-8-16-7-5-6-14(2)10-16/h5-7,10-13,19,21H,4,8-9H2,1-3H3. The first-order chi connectivity index (χ1) is 10.1. The van der Waals surface area contributed by atoms with Crippen molar-refractivity contribution in [3.05, 3.63) is 70.5 Å². The van der Waals surface area contributed by atoms with Gasteiger partial charge in [0.1, 0.15) is 5.82 Å². The van der Waals surface area contributed by atoms with Crippen LogP contribution in [-0.2, 0) is 6.42 Å². The molecule has 1 atom stereocenters. The summed E-state index contributed by atoms with van der Waals surface area (Å²) in [7, 11) is 0. The highest BCUT2D eigenvalue weighted by Gasteiger charge is 2.12. The molecule has 0 heterocycles. The molecule has 0 aliphatic carbocycles. The Hall–Kier alpha value is -1.67. The fourth-order valence-corrected chi connectivity index (χ4v) is 2.78. The lowest BCUT2D eigenvalue weighted by Crippen LogP contribution is -2.21. The summed E-state index contributed by atoms with van der Waals surface area (Å²) in [6.45, 7) is 7.03. The fourth-order valence-electron chi connectivity index (χ4n) is 2.78. The van der Waals surface area contributed by atoms with Crippen molar-refractivity contribution in [2.75, 3.05) is 6.54 Å². The summed E-state index contributed by atoms with van der Waals surface area (Å²) in [5.74, 6) is -0.150. The molecule has 0 amide bonds. The molecule has 0 aliphatic rings.